The number of carbonyl (C=O) groups is 2. The molecule has 38 heavy (non-hydrogen) atoms. The van der Waals surface area contributed by atoms with E-state index in [9.17, 15) is 14.9 Å². The molecule has 5 rings (SSSR count). The highest BCUT2D eigenvalue weighted by molar-refractivity contribution is 6.06. The molecule has 0 unspecified atom stereocenters. The van der Waals surface area contributed by atoms with E-state index in [0.717, 1.165) is 18.7 Å². The van der Waals surface area contributed by atoms with Crippen LogP contribution in [0.2, 0.25) is 0 Å². The Balaban J connectivity index is 1.39. The Bertz CT molecular complexity index is 1370. The molecular weight excluding hydrogens is 478 g/mol. The lowest BCUT2D eigenvalue weighted by Gasteiger charge is -2.37. The van der Waals surface area contributed by atoms with Gasteiger partial charge in [-0.3, -0.25) is 9.59 Å². The molecule has 2 amide bonds. The van der Waals surface area contributed by atoms with Gasteiger partial charge in [-0.2, -0.15) is 5.26 Å². The second kappa shape index (κ2) is 10.4. The first-order chi connectivity index (χ1) is 18.2. The number of rotatable bonds is 5. The van der Waals surface area contributed by atoms with Crippen LogP contribution >= 0.6 is 0 Å². The van der Waals surface area contributed by atoms with Crippen LogP contribution in [0.5, 0.6) is 0 Å². The monoisotopic (exact) mass is 513 g/mol. The van der Waals surface area contributed by atoms with Gasteiger partial charge in [0.05, 0.1) is 23.5 Å². The molecule has 2 aliphatic heterocycles. The zero-order valence-corrected chi connectivity index (χ0v) is 22.3. The molecule has 198 valence electrons. The maximum Gasteiger partial charge on any atom is 0.255 e. The van der Waals surface area contributed by atoms with E-state index in [4.69, 9.17) is 4.98 Å². The first-order valence-corrected chi connectivity index (χ1v) is 13.4. The van der Waals surface area contributed by atoms with Gasteiger partial charge in [0.25, 0.3) is 5.91 Å². The summed E-state index contributed by atoms with van der Waals surface area (Å²) < 4.78 is 0. The van der Waals surface area contributed by atoms with Crippen molar-refractivity contribution in [3.05, 3.63) is 42.2 Å². The number of amides is 2. The quantitative estimate of drug-likeness (QED) is 0.530. The standard InChI is InChI=1S/C29H35N7O2/c1-29(2,3)25(28(38)36-13-9-19(16-30)10-14-36)34-27(37)22-17-31-26-24(22)33-23(18-32-26)20-7-6-8-21(15-20)35-11-4-5-12-35/h6-8,15,17-19,25H,4-5,9-14H2,1-3H3,(H,31,32)(H,34,37)/t25-/m0/s1. The van der Waals surface area contributed by atoms with Gasteiger partial charge in [-0.1, -0.05) is 32.9 Å². The Morgan fingerprint density at radius 1 is 1.16 bits per heavy atom. The summed E-state index contributed by atoms with van der Waals surface area (Å²) in [7, 11) is 0. The van der Waals surface area contributed by atoms with E-state index >= 15 is 0 Å². The van der Waals surface area contributed by atoms with Crippen LogP contribution < -0.4 is 10.2 Å². The van der Waals surface area contributed by atoms with E-state index in [2.05, 4.69) is 38.4 Å². The summed E-state index contributed by atoms with van der Waals surface area (Å²) in [6.07, 6.45) is 7.05. The molecule has 1 aromatic carbocycles. The van der Waals surface area contributed by atoms with Gasteiger partial charge < -0.3 is 20.1 Å². The number of carbonyl (C=O) groups excluding carboxylic acids is 2. The van der Waals surface area contributed by atoms with Gasteiger partial charge in [0.15, 0.2) is 5.65 Å². The van der Waals surface area contributed by atoms with E-state index < -0.39 is 11.5 Å². The summed E-state index contributed by atoms with van der Waals surface area (Å²) in [5.74, 6) is -0.502. The van der Waals surface area contributed by atoms with Gasteiger partial charge in [-0.25, -0.2) is 9.97 Å². The fraction of sp³-hybridized carbons (Fsp3) is 0.483. The van der Waals surface area contributed by atoms with Crippen LogP contribution in [0.1, 0.15) is 56.8 Å². The maximum absolute atomic E-state index is 13.5. The van der Waals surface area contributed by atoms with Crippen molar-refractivity contribution in [3.8, 4) is 17.3 Å². The highest BCUT2D eigenvalue weighted by atomic mass is 16.2. The van der Waals surface area contributed by atoms with E-state index in [-0.39, 0.29) is 17.7 Å². The molecule has 0 bridgehead atoms. The van der Waals surface area contributed by atoms with Crippen molar-refractivity contribution in [2.24, 2.45) is 11.3 Å². The SMILES string of the molecule is CC(C)(C)[C@@H](NC(=O)c1c[nH]c2ncc(-c3cccc(N4CCCC4)c3)nc12)C(=O)N1CCC(C#N)CC1. The first kappa shape index (κ1) is 25.7. The largest absolute Gasteiger partial charge is 0.372 e. The molecule has 3 aromatic rings. The van der Waals surface area contributed by atoms with Crippen LogP contribution in [0.3, 0.4) is 0 Å². The van der Waals surface area contributed by atoms with E-state index in [1.165, 1.54) is 18.5 Å². The molecule has 2 saturated heterocycles. The summed E-state index contributed by atoms with van der Waals surface area (Å²) >= 11 is 0. The summed E-state index contributed by atoms with van der Waals surface area (Å²) in [6, 6.07) is 9.85. The van der Waals surface area contributed by atoms with Gasteiger partial charge in [-0.15, -0.1) is 0 Å². The van der Waals surface area contributed by atoms with Crippen LogP contribution in [0.4, 0.5) is 5.69 Å². The minimum atomic E-state index is -0.716. The van der Waals surface area contributed by atoms with Crippen molar-refractivity contribution in [3.63, 3.8) is 0 Å². The lowest BCUT2D eigenvalue weighted by molar-refractivity contribution is -0.137. The molecule has 1 atom stereocenters. The van der Waals surface area contributed by atoms with Gasteiger partial charge in [-0.05, 0) is 43.2 Å². The Morgan fingerprint density at radius 2 is 1.89 bits per heavy atom. The predicted molar refractivity (Wildman–Crippen MR) is 146 cm³/mol. The Hall–Kier alpha value is -3.93. The number of fused-ring (bicyclic) bond motifs is 1. The zero-order chi connectivity index (χ0) is 26.9. The van der Waals surface area contributed by atoms with E-state index in [1.807, 2.05) is 32.9 Å². The predicted octanol–water partition coefficient (Wildman–Crippen LogP) is 4.13. The zero-order valence-electron chi connectivity index (χ0n) is 22.3. The number of aromatic amines is 1. The Kier molecular flexibility index (Phi) is 7.06. The number of hydrogen-bond acceptors (Lipinski definition) is 6. The van der Waals surface area contributed by atoms with E-state index in [1.54, 1.807) is 17.3 Å². The number of aromatic nitrogens is 3. The highest BCUT2D eigenvalue weighted by Crippen LogP contribution is 2.28. The van der Waals surface area contributed by atoms with Crippen LogP contribution in [0, 0.1) is 22.7 Å². The highest BCUT2D eigenvalue weighted by Gasteiger charge is 2.37. The van der Waals surface area contributed by atoms with Crippen LogP contribution in [-0.4, -0.2) is 63.9 Å². The normalized spacial score (nSPS) is 17.4. The Labute approximate surface area is 223 Å². The number of benzene rings is 1. The molecule has 9 nitrogen and oxygen atoms in total. The van der Waals surface area contributed by atoms with Crippen molar-refractivity contribution < 1.29 is 9.59 Å². The third-order valence-corrected chi connectivity index (χ3v) is 7.62. The molecule has 0 saturated carbocycles. The third-order valence-electron chi connectivity index (χ3n) is 7.62. The average Bonchev–Trinajstić information content (AvgIpc) is 3.61. The van der Waals surface area contributed by atoms with Gasteiger partial charge in [0.1, 0.15) is 11.6 Å². The lowest BCUT2D eigenvalue weighted by Crippen LogP contribution is -2.56. The summed E-state index contributed by atoms with van der Waals surface area (Å²) in [5, 5.41) is 12.2. The van der Waals surface area contributed by atoms with Crippen molar-refractivity contribution in [1.29, 1.82) is 5.26 Å². The average molecular weight is 514 g/mol. The fourth-order valence-corrected chi connectivity index (χ4v) is 5.31. The summed E-state index contributed by atoms with van der Waals surface area (Å²) in [4.78, 5) is 43.5. The molecule has 2 fully saturated rings. The van der Waals surface area contributed by atoms with Gasteiger partial charge >= 0.3 is 0 Å². The van der Waals surface area contributed by atoms with Gasteiger partial charge in [0, 0.05) is 49.5 Å². The van der Waals surface area contributed by atoms with Crippen LogP contribution in [-0.2, 0) is 4.79 Å². The van der Waals surface area contributed by atoms with Crippen LogP contribution in [0.25, 0.3) is 22.4 Å². The Morgan fingerprint density at radius 3 is 2.58 bits per heavy atom. The topological polar surface area (TPSA) is 118 Å². The number of anilines is 1. The summed E-state index contributed by atoms with van der Waals surface area (Å²) in [6.45, 7) is 8.99. The molecule has 9 heteroatoms. The molecule has 0 radical (unpaired) electrons. The smallest absolute Gasteiger partial charge is 0.255 e. The number of hydrogen-bond donors (Lipinski definition) is 2. The fourth-order valence-electron chi connectivity index (χ4n) is 5.31. The second-order valence-electron chi connectivity index (χ2n) is 11.4. The molecule has 4 heterocycles. The van der Waals surface area contributed by atoms with Gasteiger partial charge in [0.2, 0.25) is 5.91 Å². The van der Waals surface area contributed by atoms with Crippen molar-refractivity contribution in [2.45, 2.75) is 52.5 Å². The number of likely N-dealkylation sites (tertiary alicyclic amines) is 1. The number of nitrogens with one attached hydrogen (secondary N) is 2. The molecule has 2 N–H and O–H groups in total. The maximum atomic E-state index is 13.5. The third kappa shape index (κ3) is 5.21. The van der Waals surface area contributed by atoms with Crippen molar-refractivity contribution in [1.82, 2.24) is 25.2 Å². The van der Waals surface area contributed by atoms with E-state index in [0.29, 0.717) is 48.4 Å². The first-order valence-electron chi connectivity index (χ1n) is 13.4. The number of nitriles is 1. The summed E-state index contributed by atoms with van der Waals surface area (Å²) in [5.41, 5.74) is 3.65. The lowest BCUT2D eigenvalue weighted by atomic mass is 9.85. The number of piperidine rings is 1. The molecule has 2 aromatic heterocycles. The molecule has 2 aliphatic rings. The number of H-pyrrole nitrogens is 1. The molecule has 0 aliphatic carbocycles. The number of nitrogens with zero attached hydrogens (tertiary/aromatic N) is 5. The minimum Gasteiger partial charge on any atom is -0.372 e. The van der Waals surface area contributed by atoms with Crippen LogP contribution in [0.15, 0.2) is 36.7 Å². The minimum absolute atomic E-state index is 0.0169. The molecular formula is C29H35N7O2. The molecule has 0 spiro atoms. The van der Waals surface area contributed by atoms with Crippen molar-refractivity contribution >= 4 is 28.7 Å². The van der Waals surface area contributed by atoms with Crippen molar-refractivity contribution in [2.75, 3.05) is 31.1 Å². The second-order valence-corrected chi connectivity index (χ2v) is 11.4.